The minimum atomic E-state index is -0.567. The Kier molecular flexibility index (Phi) is 6.09. The summed E-state index contributed by atoms with van der Waals surface area (Å²) in [6.45, 7) is 3.82. The normalized spacial score (nSPS) is 16.1. The molecule has 1 atom stereocenters. The molecule has 3 rings (SSSR count). The largest absolute Gasteiger partial charge is 0.455 e. The van der Waals surface area contributed by atoms with E-state index in [1.807, 2.05) is 62.4 Å². The molecule has 0 bridgehead atoms. The lowest BCUT2D eigenvalue weighted by molar-refractivity contribution is -0.151. The van der Waals surface area contributed by atoms with Crippen LogP contribution in [0.2, 0.25) is 0 Å². The lowest BCUT2D eigenvalue weighted by Crippen LogP contribution is -2.28. The molecule has 1 heterocycles. The molecule has 1 fully saturated rings. The zero-order valence-electron chi connectivity index (χ0n) is 16.1. The summed E-state index contributed by atoms with van der Waals surface area (Å²) in [5, 5.41) is 2.76. The van der Waals surface area contributed by atoms with Crippen LogP contribution in [0.15, 0.2) is 48.5 Å². The van der Waals surface area contributed by atoms with Crippen LogP contribution in [0.4, 0.5) is 11.4 Å². The minimum Gasteiger partial charge on any atom is -0.455 e. The predicted octanol–water partition coefficient (Wildman–Crippen LogP) is 3.09. The second-order valence-corrected chi connectivity index (χ2v) is 6.86. The molecule has 0 spiro atoms. The van der Waals surface area contributed by atoms with E-state index in [9.17, 15) is 14.4 Å². The summed E-state index contributed by atoms with van der Waals surface area (Å²) in [5.41, 5.74) is 3.50. The van der Waals surface area contributed by atoms with Crippen LogP contribution in [-0.2, 0) is 25.5 Å². The zero-order chi connectivity index (χ0) is 20.1. The van der Waals surface area contributed by atoms with Crippen LogP contribution in [0.25, 0.3) is 0 Å². The van der Waals surface area contributed by atoms with E-state index in [0.717, 1.165) is 23.2 Å². The van der Waals surface area contributed by atoms with Crippen LogP contribution in [0.1, 0.15) is 24.5 Å². The molecule has 2 amide bonds. The third kappa shape index (κ3) is 4.39. The maximum atomic E-state index is 12.4. The van der Waals surface area contributed by atoms with Crippen molar-refractivity contribution in [2.24, 2.45) is 5.92 Å². The second-order valence-electron chi connectivity index (χ2n) is 6.86. The fraction of sp³-hybridized carbons (Fsp3) is 0.318. The summed E-state index contributed by atoms with van der Waals surface area (Å²) in [7, 11) is 0. The molecule has 1 N–H and O–H groups in total. The molecular formula is C22H24N2O4. The number of carbonyl (C=O) groups excluding carboxylic acids is 3. The zero-order valence-corrected chi connectivity index (χ0v) is 16.1. The Hall–Kier alpha value is -3.15. The maximum Gasteiger partial charge on any atom is 0.311 e. The van der Waals surface area contributed by atoms with Crippen LogP contribution in [-0.4, -0.2) is 30.9 Å². The number of amides is 2. The van der Waals surface area contributed by atoms with E-state index in [0.29, 0.717) is 5.69 Å². The molecule has 0 saturated carbocycles. The van der Waals surface area contributed by atoms with Gasteiger partial charge in [0.15, 0.2) is 6.61 Å². The van der Waals surface area contributed by atoms with Crippen molar-refractivity contribution in [1.29, 1.82) is 0 Å². The number of rotatable bonds is 6. The highest BCUT2D eigenvalue weighted by atomic mass is 16.5. The van der Waals surface area contributed by atoms with Gasteiger partial charge in [0.05, 0.1) is 5.92 Å². The summed E-state index contributed by atoms with van der Waals surface area (Å²) in [6, 6.07) is 15.0. The molecular weight excluding hydrogens is 356 g/mol. The SMILES string of the molecule is CCc1ccccc1NC(=O)COC(=O)[C@H]1CC(=O)N(c2ccccc2C)C1. The van der Waals surface area contributed by atoms with Gasteiger partial charge in [0, 0.05) is 24.3 Å². The summed E-state index contributed by atoms with van der Waals surface area (Å²) in [5.74, 6) is -1.60. The van der Waals surface area contributed by atoms with E-state index >= 15 is 0 Å². The highest BCUT2D eigenvalue weighted by Crippen LogP contribution is 2.28. The van der Waals surface area contributed by atoms with E-state index in [2.05, 4.69) is 5.32 Å². The van der Waals surface area contributed by atoms with Crippen LogP contribution in [0.5, 0.6) is 0 Å². The Labute approximate surface area is 164 Å². The Morgan fingerprint density at radius 1 is 1.14 bits per heavy atom. The van der Waals surface area contributed by atoms with Crippen LogP contribution in [0, 0.1) is 12.8 Å². The molecule has 1 aliphatic heterocycles. The lowest BCUT2D eigenvalue weighted by atomic mass is 10.1. The number of para-hydroxylation sites is 2. The molecule has 0 unspecified atom stereocenters. The first-order chi connectivity index (χ1) is 13.5. The van der Waals surface area contributed by atoms with Gasteiger partial charge in [-0.3, -0.25) is 14.4 Å². The molecule has 28 heavy (non-hydrogen) atoms. The van der Waals surface area contributed by atoms with Crippen molar-refractivity contribution in [2.75, 3.05) is 23.4 Å². The van der Waals surface area contributed by atoms with Crippen molar-refractivity contribution < 1.29 is 19.1 Å². The topological polar surface area (TPSA) is 75.7 Å². The van der Waals surface area contributed by atoms with Gasteiger partial charge in [-0.25, -0.2) is 0 Å². The molecule has 6 nitrogen and oxygen atoms in total. The number of nitrogens with zero attached hydrogens (tertiary/aromatic N) is 1. The maximum absolute atomic E-state index is 12.4. The standard InChI is InChI=1S/C22H24N2O4/c1-3-16-9-5-6-10-18(16)23-20(25)14-28-22(27)17-12-21(26)24(13-17)19-11-7-4-8-15(19)2/h4-11,17H,3,12-14H2,1-2H3,(H,23,25)/t17-/m0/s1. The molecule has 1 aliphatic rings. The van der Waals surface area contributed by atoms with Gasteiger partial charge in [-0.15, -0.1) is 0 Å². The van der Waals surface area contributed by atoms with Gasteiger partial charge < -0.3 is 15.0 Å². The number of ether oxygens (including phenoxy) is 1. The average Bonchev–Trinajstić information content (AvgIpc) is 3.08. The van der Waals surface area contributed by atoms with Gasteiger partial charge >= 0.3 is 5.97 Å². The van der Waals surface area contributed by atoms with Crippen LogP contribution >= 0.6 is 0 Å². The van der Waals surface area contributed by atoms with Crippen molar-refractivity contribution in [3.63, 3.8) is 0 Å². The van der Waals surface area contributed by atoms with E-state index in [4.69, 9.17) is 4.74 Å². The van der Waals surface area contributed by atoms with E-state index in [-0.39, 0.29) is 25.5 Å². The van der Waals surface area contributed by atoms with E-state index in [1.54, 1.807) is 4.90 Å². The van der Waals surface area contributed by atoms with Crippen LogP contribution in [0.3, 0.4) is 0 Å². The first-order valence-corrected chi connectivity index (χ1v) is 9.40. The minimum absolute atomic E-state index is 0.0907. The third-order valence-corrected chi connectivity index (χ3v) is 4.88. The van der Waals surface area contributed by atoms with Gasteiger partial charge in [0.25, 0.3) is 5.91 Å². The molecule has 6 heteroatoms. The van der Waals surface area contributed by atoms with Crippen LogP contribution < -0.4 is 10.2 Å². The number of benzene rings is 2. The highest BCUT2D eigenvalue weighted by molar-refractivity contribution is 6.00. The first-order valence-electron chi connectivity index (χ1n) is 9.40. The summed E-state index contributed by atoms with van der Waals surface area (Å²) < 4.78 is 5.17. The molecule has 2 aromatic rings. The Morgan fingerprint density at radius 3 is 2.61 bits per heavy atom. The number of nitrogens with one attached hydrogen (secondary N) is 1. The van der Waals surface area contributed by atoms with E-state index in [1.165, 1.54) is 0 Å². The fourth-order valence-corrected chi connectivity index (χ4v) is 3.36. The number of hydrogen-bond donors (Lipinski definition) is 1. The van der Waals surface area contributed by atoms with Crippen molar-refractivity contribution in [1.82, 2.24) is 0 Å². The molecule has 0 radical (unpaired) electrons. The summed E-state index contributed by atoms with van der Waals surface area (Å²) >= 11 is 0. The Morgan fingerprint density at radius 2 is 1.86 bits per heavy atom. The fourth-order valence-electron chi connectivity index (χ4n) is 3.36. The van der Waals surface area contributed by atoms with Gasteiger partial charge in [-0.2, -0.15) is 0 Å². The predicted molar refractivity (Wildman–Crippen MR) is 107 cm³/mol. The number of hydrogen-bond acceptors (Lipinski definition) is 4. The van der Waals surface area contributed by atoms with Crippen molar-refractivity contribution in [3.8, 4) is 0 Å². The van der Waals surface area contributed by atoms with Gasteiger partial charge in [-0.1, -0.05) is 43.3 Å². The Balaban J connectivity index is 1.55. The van der Waals surface area contributed by atoms with Gasteiger partial charge in [0.1, 0.15) is 0 Å². The molecule has 146 valence electrons. The number of anilines is 2. The number of carbonyl (C=O) groups is 3. The smallest absolute Gasteiger partial charge is 0.311 e. The van der Waals surface area contributed by atoms with Crippen molar-refractivity contribution >= 4 is 29.2 Å². The molecule has 2 aromatic carbocycles. The number of esters is 1. The van der Waals surface area contributed by atoms with Gasteiger partial charge in [0.2, 0.25) is 5.91 Å². The summed E-state index contributed by atoms with van der Waals surface area (Å²) in [4.78, 5) is 38.4. The molecule has 0 aliphatic carbocycles. The average molecular weight is 380 g/mol. The third-order valence-electron chi connectivity index (χ3n) is 4.88. The molecule has 1 saturated heterocycles. The van der Waals surface area contributed by atoms with Crippen molar-refractivity contribution in [2.45, 2.75) is 26.7 Å². The van der Waals surface area contributed by atoms with Gasteiger partial charge in [-0.05, 0) is 36.6 Å². The monoisotopic (exact) mass is 380 g/mol. The summed E-state index contributed by atoms with van der Waals surface area (Å²) in [6.07, 6.45) is 0.878. The van der Waals surface area contributed by atoms with Crippen molar-refractivity contribution in [3.05, 3.63) is 59.7 Å². The first kappa shape index (κ1) is 19.6. The number of aryl methyl sites for hydroxylation is 2. The lowest BCUT2D eigenvalue weighted by Gasteiger charge is -2.18. The second kappa shape index (κ2) is 8.69. The van der Waals surface area contributed by atoms with E-state index < -0.39 is 17.8 Å². The molecule has 0 aromatic heterocycles. The quantitative estimate of drug-likeness (QED) is 0.782. The Bertz CT molecular complexity index is 894. The highest BCUT2D eigenvalue weighted by Gasteiger charge is 2.36.